The van der Waals surface area contributed by atoms with Crippen LogP contribution in [0.1, 0.15) is 37.7 Å². The van der Waals surface area contributed by atoms with Crippen LogP contribution in [-0.4, -0.2) is 10.3 Å². The molecule has 1 aromatic heterocycles. The summed E-state index contributed by atoms with van der Waals surface area (Å²) in [4.78, 5) is 12.2. The van der Waals surface area contributed by atoms with Crippen molar-refractivity contribution in [1.82, 2.24) is 4.57 Å². The van der Waals surface area contributed by atoms with Gasteiger partial charge in [-0.1, -0.05) is 19.3 Å². The highest BCUT2D eigenvalue weighted by molar-refractivity contribution is 9.10. The Labute approximate surface area is 122 Å². The van der Waals surface area contributed by atoms with E-state index >= 15 is 0 Å². The lowest BCUT2D eigenvalue weighted by molar-refractivity contribution is 0.187. The first-order chi connectivity index (χ1) is 8.56. The van der Waals surface area contributed by atoms with Gasteiger partial charge in [-0.3, -0.25) is 4.79 Å². The zero-order valence-corrected chi connectivity index (χ0v) is 13.3. The smallest absolute Gasteiger partial charge is 0.253 e. The van der Waals surface area contributed by atoms with Crippen LogP contribution < -0.4 is 5.56 Å². The Morgan fingerprint density at radius 1 is 1.39 bits per heavy atom. The number of aromatic nitrogens is 1. The molecule has 1 saturated carbocycles. The van der Waals surface area contributed by atoms with Crippen molar-refractivity contribution in [2.45, 2.75) is 45.6 Å². The van der Waals surface area contributed by atoms with E-state index in [2.05, 4.69) is 28.6 Å². The van der Waals surface area contributed by atoms with Gasteiger partial charge in [0.2, 0.25) is 0 Å². The minimum atomic E-state index is 0.130. The van der Waals surface area contributed by atoms with E-state index in [-0.39, 0.29) is 11.0 Å². The molecular weight excluding hydrogens is 310 g/mol. The summed E-state index contributed by atoms with van der Waals surface area (Å²) in [5.41, 5.74) is 1.14. The lowest BCUT2D eigenvalue weighted by Gasteiger charge is -2.36. The Morgan fingerprint density at radius 3 is 2.67 bits per heavy atom. The van der Waals surface area contributed by atoms with Crippen LogP contribution in [0.15, 0.2) is 21.5 Å². The minimum absolute atomic E-state index is 0.130. The molecule has 4 heteroatoms. The molecule has 1 fully saturated rings. The van der Waals surface area contributed by atoms with Crippen molar-refractivity contribution in [3.63, 3.8) is 0 Å². The summed E-state index contributed by atoms with van der Waals surface area (Å²) in [6.45, 7) is 2.67. The third kappa shape index (κ3) is 3.02. The average Bonchev–Trinajstić information content (AvgIpc) is 2.36. The van der Waals surface area contributed by atoms with Gasteiger partial charge in [0.15, 0.2) is 0 Å². The Balaban J connectivity index is 2.29. The van der Waals surface area contributed by atoms with Crippen molar-refractivity contribution in [2.75, 3.05) is 5.75 Å². The first kappa shape index (κ1) is 14.2. The van der Waals surface area contributed by atoms with E-state index in [4.69, 9.17) is 0 Å². The fourth-order valence-electron chi connectivity index (χ4n) is 2.89. The molecule has 18 heavy (non-hydrogen) atoms. The maximum atomic E-state index is 12.2. The van der Waals surface area contributed by atoms with Gasteiger partial charge in [-0.05, 0) is 52.9 Å². The molecule has 0 spiro atoms. The van der Waals surface area contributed by atoms with Gasteiger partial charge >= 0.3 is 0 Å². The third-order valence-corrected chi connectivity index (χ3v) is 5.09. The zero-order valence-electron chi connectivity index (χ0n) is 10.8. The van der Waals surface area contributed by atoms with Crippen LogP contribution in [-0.2, 0) is 6.54 Å². The van der Waals surface area contributed by atoms with Crippen LogP contribution in [0.5, 0.6) is 0 Å². The van der Waals surface area contributed by atoms with Crippen LogP contribution in [0.3, 0.4) is 0 Å². The van der Waals surface area contributed by atoms with Crippen molar-refractivity contribution in [3.05, 3.63) is 32.7 Å². The van der Waals surface area contributed by atoms with Crippen LogP contribution in [0, 0.1) is 12.3 Å². The second kappa shape index (κ2) is 5.83. The Hall–Kier alpha value is -0.220. The zero-order chi connectivity index (χ0) is 13.2. The highest BCUT2D eigenvalue weighted by atomic mass is 79.9. The maximum Gasteiger partial charge on any atom is 0.253 e. The average molecular weight is 330 g/mol. The molecule has 0 N–H and O–H groups in total. The minimum Gasteiger partial charge on any atom is -0.314 e. The molecule has 0 aromatic carbocycles. The van der Waals surface area contributed by atoms with E-state index in [9.17, 15) is 4.79 Å². The molecule has 2 nitrogen and oxygen atoms in total. The summed E-state index contributed by atoms with van der Waals surface area (Å²) in [6, 6.07) is 1.88. The Bertz CT molecular complexity index is 477. The molecule has 1 aliphatic rings. The van der Waals surface area contributed by atoms with Crippen LogP contribution in [0.4, 0.5) is 0 Å². The largest absolute Gasteiger partial charge is 0.314 e. The van der Waals surface area contributed by atoms with Crippen molar-refractivity contribution in [3.8, 4) is 0 Å². The van der Waals surface area contributed by atoms with E-state index in [0.717, 1.165) is 22.3 Å². The Morgan fingerprint density at radius 2 is 2.06 bits per heavy atom. The molecule has 0 amide bonds. The fourth-order valence-corrected chi connectivity index (χ4v) is 3.89. The predicted octanol–water partition coefficient (Wildman–Crippen LogP) is 3.80. The quantitative estimate of drug-likeness (QED) is 0.837. The fraction of sp³-hybridized carbons (Fsp3) is 0.643. The molecule has 0 aliphatic heterocycles. The summed E-state index contributed by atoms with van der Waals surface area (Å²) in [5, 5.41) is 0. The van der Waals surface area contributed by atoms with Crippen molar-refractivity contribution < 1.29 is 0 Å². The van der Waals surface area contributed by atoms with Crippen molar-refractivity contribution in [2.24, 2.45) is 5.41 Å². The summed E-state index contributed by atoms with van der Waals surface area (Å²) in [7, 11) is 0. The van der Waals surface area contributed by atoms with Gasteiger partial charge in [-0.25, -0.2) is 0 Å². The van der Waals surface area contributed by atoms with Gasteiger partial charge in [0.05, 0.1) is 0 Å². The van der Waals surface area contributed by atoms with Gasteiger partial charge in [0.1, 0.15) is 0 Å². The van der Waals surface area contributed by atoms with Gasteiger partial charge in [-0.15, -0.1) is 0 Å². The molecule has 1 heterocycles. The molecule has 0 saturated heterocycles. The first-order valence-corrected chi connectivity index (χ1v) is 7.96. The number of nitrogens with zero attached hydrogens (tertiary/aromatic N) is 1. The number of hydrogen-bond donors (Lipinski definition) is 1. The first-order valence-electron chi connectivity index (χ1n) is 6.54. The highest BCUT2D eigenvalue weighted by Gasteiger charge is 2.31. The number of thiol groups is 1. The van der Waals surface area contributed by atoms with E-state index in [1.165, 1.54) is 32.1 Å². The molecule has 0 bridgehead atoms. The maximum absolute atomic E-state index is 12.2. The number of rotatable bonds is 3. The second-order valence-corrected chi connectivity index (χ2v) is 6.73. The summed E-state index contributed by atoms with van der Waals surface area (Å²) in [5.74, 6) is 0.866. The summed E-state index contributed by atoms with van der Waals surface area (Å²) < 4.78 is 2.84. The highest BCUT2D eigenvalue weighted by Crippen LogP contribution is 2.38. The van der Waals surface area contributed by atoms with Gasteiger partial charge in [0.25, 0.3) is 5.56 Å². The second-order valence-electron chi connectivity index (χ2n) is 5.49. The molecule has 0 radical (unpaired) electrons. The summed E-state index contributed by atoms with van der Waals surface area (Å²) in [6.07, 6.45) is 8.14. The lowest BCUT2D eigenvalue weighted by Crippen LogP contribution is -2.36. The van der Waals surface area contributed by atoms with E-state index in [1.54, 1.807) is 0 Å². The van der Waals surface area contributed by atoms with E-state index < -0.39 is 0 Å². The number of aryl methyl sites for hydroxylation is 1. The standard InChI is InChI=1S/C14H20BrNOS/c1-11-7-12(15)8-16(13(11)17)9-14(10-18)5-3-2-4-6-14/h7-8,18H,2-6,9-10H2,1H3. The SMILES string of the molecule is Cc1cc(Br)cn(CC2(CS)CCCCC2)c1=O. The number of hydrogen-bond acceptors (Lipinski definition) is 2. The normalized spacial score (nSPS) is 18.8. The molecule has 100 valence electrons. The lowest BCUT2D eigenvalue weighted by atomic mass is 9.75. The van der Waals surface area contributed by atoms with E-state index in [1.807, 2.05) is 23.8 Å². The molecular formula is C14H20BrNOS. The van der Waals surface area contributed by atoms with Crippen LogP contribution >= 0.6 is 28.6 Å². The molecule has 2 rings (SSSR count). The molecule has 1 aromatic rings. The Kier molecular flexibility index (Phi) is 4.59. The topological polar surface area (TPSA) is 22.0 Å². The molecule has 0 atom stereocenters. The van der Waals surface area contributed by atoms with Gasteiger partial charge < -0.3 is 4.57 Å². The van der Waals surface area contributed by atoms with E-state index in [0.29, 0.717) is 0 Å². The van der Waals surface area contributed by atoms with Crippen LogP contribution in [0.25, 0.3) is 0 Å². The number of pyridine rings is 1. The molecule has 0 unspecified atom stereocenters. The predicted molar refractivity (Wildman–Crippen MR) is 82.5 cm³/mol. The summed E-state index contributed by atoms with van der Waals surface area (Å²) >= 11 is 8.01. The van der Waals surface area contributed by atoms with Crippen molar-refractivity contribution >= 4 is 28.6 Å². The molecule has 1 aliphatic carbocycles. The third-order valence-electron chi connectivity index (χ3n) is 3.99. The van der Waals surface area contributed by atoms with Gasteiger partial charge in [-0.2, -0.15) is 12.6 Å². The van der Waals surface area contributed by atoms with Crippen LogP contribution in [0.2, 0.25) is 0 Å². The number of halogens is 1. The van der Waals surface area contributed by atoms with Crippen molar-refractivity contribution in [1.29, 1.82) is 0 Å². The van der Waals surface area contributed by atoms with Gasteiger partial charge in [0, 0.05) is 22.8 Å². The monoisotopic (exact) mass is 329 g/mol.